The summed E-state index contributed by atoms with van der Waals surface area (Å²) in [6, 6.07) is 8.27. The van der Waals surface area contributed by atoms with Gasteiger partial charge in [-0.15, -0.1) is 0 Å². The normalized spacial score (nSPS) is 17.1. The van der Waals surface area contributed by atoms with E-state index in [-0.39, 0.29) is 12.1 Å². The fraction of sp³-hybridized carbons (Fsp3) is 0.278. The van der Waals surface area contributed by atoms with Crippen molar-refractivity contribution < 1.29 is 4.74 Å². The summed E-state index contributed by atoms with van der Waals surface area (Å²) in [6.45, 7) is 4.75. The minimum atomic E-state index is -0.00401. The van der Waals surface area contributed by atoms with Crippen LogP contribution >= 0.6 is 0 Å². The van der Waals surface area contributed by atoms with Crippen molar-refractivity contribution in [1.29, 1.82) is 0 Å². The van der Waals surface area contributed by atoms with Crippen molar-refractivity contribution in [3.63, 3.8) is 0 Å². The van der Waals surface area contributed by atoms with Gasteiger partial charge in [-0.25, -0.2) is 15.0 Å². The number of benzene rings is 1. The van der Waals surface area contributed by atoms with Crippen LogP contribution in [0.3, 0.4) is 0 Å². The van der Waals surface area contributed by atoms with Gasteiger partial charge in [-0.1, -0.05) is 38.1 Å². The molecule has 6 heteroatoms. The van der Waals surface area contributed by atoms with Crippen LogP contribution in [0, 0.1) is 0 Å². The highest BCUT2D eigenvalue weighted by Crippen LogP contribution is 2.17. The summed E-state index contributed by atoms with van der Waals surface area (Å²) in [5.41, 5.74) is 8.63. The Morgan fingerprint density at radius 3 is 2.50 bits per heavy atom. The first-order valence-electron chi connectivity index (χ1n) is 7.93. The molecule has 24 heavy (non-hydrogen) atoms. The summed E-state index contributed by atoms with van der Waals surface area (Å²) in [7, 11) is 0. The number of hydrogen-bond donors (Lipinski definition) is 2. The molecule has 1 aromatic carbocycles. The summed E-state index contributed by atoms with van der Waals surface area (Å²) in [6.07, 6.45) is 7.70. The quantitative estimate of drug-likeness (QED) is 0.883. The molecular formula is C18H21N5O. The van der Waals surface area contributed by atoms with Crippen molar-refractivity contribution in [2.24, 2.45) is 10.7 Å². The zero-order chi connectivity index (χ0) is 16.9. The van der Waals surface area contributed by atoms with E-state index in [4.69, 9.17) is 10.5 Å². The van der Waals surface area contributed by atoms with Gasteiger partial charge in [0.25, 0.3) is 6.02 Å². The van der Waals surface area contributed by atoms with E-state index in [0.717, 1.165) is 16.8 Å². The largest absolute Gasteiger partial charge is 0.463 e. The van der Waals surface area contributed by atoms with Crippen LogP contribution in [0.1, 0.15) is 30.9 Å². The Kier molecular flexibility index (Phi) is 4.74. The summed E-state index contributed by atoms with van der Waals surface area (Å²) in [5, 5.41) is 3.20. The number of nitrogens with zero attached hydrogens (tertiary/aromatic N) is 3. The van der Waals surface area contributed by atoms with Crippen molar-refractivity contribution in [3.05, 3.63) is 53.9 Å². The monoisotopic (exact) mass is 323 g/mol. The van der Waals surface area contributed by atoms with E-state index in [1.165, 1.54) is 0 Å². The molecule has 0 amide bonds. The van der Waals surface area contributed by atoms with Crippen LogP contribution < -0.4 is 11.1 Å². The molecule has 1 aliphatic rings. The minimum Gasteiger partial charge on any atom is -0.463 e. The van der Waals surface area contributed by atoms with Gasteiger partial charge in [-0.05, 0) is 29.2 Å². The Morgan fingerprint density at radius 2 is 1.92 bits per heavy atom. The van der Waals surface area contributed by atoms with Gasteiger partial charge < -0.3 is 15.8 Å². The molecule has 3 N–H and O–H groups in total. The molecule has 1 aromatic heterocycles. The second kappa shape index (κ2) is 7.12. The molecule has 0 saturated heterocycles. The van der Waals surface area contributed by atoms with E-state index in [1.54, 1.807) is 0 Å². The van der Waals surface area contributed by atoms with Crippen molar-refractivity contribution in [1.82, 2.24) is 9.97 Å². The first-order valence-corrected chi connectivity index (χ1v) is 7.93. The first kappa shape index (κ1) is 16.0. The number of aromatic nitrogens is 2. The number of rotatable bonds is 5. The van der Waals surface area contributed by atoms with E-state index in [0.29, 0.717) is 18.5 Å². The van der Waals surface area contributed by atoms with Gasteiger partial charge in [0.05, 0.1) is 0 Å². The number of nitrogens with one attached hydrogen (secondary N) is 1. The number of aliphatic imine (C=N–C) groups is 1. The maximum atomic E-state index is 5.49. The van der Waals surface area contributed by atoms with Crippen molar-refractivity contribution >= 4 is 23.7 Å². The van der Waals surface area contributed by atoms with Crippen LogP contribution in [0.2, 0.25) is 0 Å². The van der Waals surface area contributed by atoms with Crippen LogP contribution in [0.5, 0.6) is 0 Å². The molecule has 2 heterocycles. The van der Waals surface area contributed by atoms with Gasteiger partial charge in [0, 0.05) is 18.1 Å². The number of anilines is 2. The number of nitrogens with two attached hydrogens (primary N) is 1. The van der Waals surface area contributed by atoms with Crippen LogP contribution in [-0.2, 0) is 4.74 Å². The molecule has 2 aromatic rings. The Morgan fingerprint density at radius 1 is 1.21 bits per heavy atom. The Labute approximate surface area is 141 Å². The standard InChI is InChI=1S/C18H21N5O/c1-12(2)14-9-20-18(21-10-14)23-15-6-3-13(4-7-15)5-8-16-11-24-17(19)22-16/h3-10,12,16H,11H2,1-2H3,(H2,19,22)(H,20,21,23). The highest BCUT2D eigenvalue weighted by atomic mass is 16.5. The molecule has 0 fully saturated rings. The van der Waals surface area contributed by atoms with Crippen LogP contribution in [-0.4, -0.2) is 28.6 Å². The Balaban J connectivity index is 1.61. The highest BCUT2D eigenvalue weighted by molar-refractivity contribution is 5.73. The molecule has 3 rings (SSSR count). The summed E-state index contributed by atoms with van der Waals surface area (Å²) in [4.78, 5) is 12.8. The fourth-order valence-electron chi connectivity index (χ4n) is 2.24. The molecule has 0 bridgehead atoms. The third-order valence-corrected chi connectivity index (χ3v) is 3.71. The van der Waals surface area contributed by atoms with E-state index < -0.39 is 0 Å². The smallest absolute Gasteiger partial charge is 0.282 e. The number of hydrogen-bond acceptors (Lipinski definition) is 6. The molecule has 1 aliphatic heterocycles. The molecule has 6 nitrogen and oxygen atoms in total. The van der Waals surface area contributed by atoms with Gasteiger partial charge >= 0.3 is 0 Å². The molecule has 0 radical (unpaired) electrons. The van der Waals surface area contributed by atoms with Gasteiger partial charge in [0.15, 0.2) is 0 Å². The van der Waals surface area contributed by atoms with Crippen molar-refractivity contribution in [2.45, 2.75) is 25.8 Å². The van der Waals surface area contributed by atoms with E-state index in [9.17, 15) is 0 Å². The summed E-state index contributed by atoms with van der Waals surface area (Å²) < 4.78 is 5.12. The maximum absolute atomic E-state index is 5.49. The third-order valence-electron chi connectivity index (χ3n) is 3.71. The molecule has 0 saturated carbocycles. The van der Waals surface area contributed by atoms with Crippen molar-refractivity contribution in [2.75, 3.05) is 11.9 Å². The molecule has 1 unspecified atom stereocenters. The van der Waals surface area contributed by atoms with E-state index >= 15 is 0 Å². The lowest BCUT2D eigenvalue weighted by Gasteiger charge is -2.07. The van der Waals surface area contributed by atoms with Gasteiger partial charge in [-0.3, -0.25) is 0 Å². The Bertz CT molecular complexity index is 735. The summed E-state index contributed by atoms with van der Waals surface area (Å²) in [5.74, 6) is 1.02. The van der Waals surface area contributed by atoms with E-state index in [1.807, 2.05) is 48.8 Å². The second-order valence-electron chi connectivity index (χ2n) is 5.95. The number of ether oxygens (including phenoxy) is 1. The minimum absolute atomic E-state index is 0.00401. The van der Waals surface area contributed by atoms with Crippen LogP contribution in [0.4, 0.5) is 11.6 Å². The lowest BCUT2D eigenvalue weighted by molar-refractivity contribution is 0.327. The summed E-state index contributed by atoms with van der Waals surface area (Å²) >= 11 is 0. The van der Waals surface area contributed by atoms with E-state index in [2.05, 4.69) is 34.1 Å². The van der Waals surface area contributed by atoms with Crippen LogP contribution in [0.15, 0.2) is 47.7 Å². The lowest BCUT2D eigenvalue weighted by atomic mass is 10.1. The third kappa shape index (κ3) is 4.10. The average molecular weight is 323 g/mol. The SMILES string of the molecule is CC(C)c1cnc(Nc2ccc(C=CC3COC(N)=N3)cc2)nc1. The number of amidine groups is 1. The topological polar surface area (TPSA) is 85.4 Å². The first-order chi connectivity index (χ1) is 11.6. The van der Waals surface area contributed by atoms with Crippen molar-refractivity contribution in [3.8, 4) is 0 Å². The molecular weight excluding hydrogens is 302 g/mol. The zero-order valence-corrected chi connectivity index (χ0v) is 13.8. The lowest BCUT2D eigenvalue weighted by Crippen LogP contribution is -2.10. The van der Waals surface area contributed by atoms with Crippen LogP contribution in [0.25, 0.3) is 6.08 Å². The average Bonchev–Trinajstić information content (AvgIpc) is 3.00. The highest BCUT2D eigenvalue weighted by Gasteiger charge is 2.12. The molecule has 1 atom stereocenters. The predicted molar refractivity (Wildman–Crippen MR) is 96.2 cm³/mol. The van der Waals surface area contributed by atoms with Gasteiger partial charge in [0.1, 0.15) is 12.6 Å². The molecule has 124 valence electrons. The molecule has 0 aliphatic carbocycles. The zero-order valence-electron chi connectivity index (χ0n) is 13.8. The Hall–Kier alpha value is -2.89. The van der Waals surface area contributed by atoms with Gasteiger partial charge in [0.2, 0.25) is 5.95 Å². The molecule has 0 spiro atoms. The maximum Gasteiger partial charge on any atom is 0.282 e. The predicted octanol–water partition coefficient (Wildman–Crippen LogP) is 3.07. The fourth-order valence-corrected chi connectivity index (χ4v) is 2.24. The second-order valence-corrected chi connectivity index (χ2v) is 5.95. The van der Waals surface area contributed by atoms with Gasteiger partial charge in [-0.2, -0.15) is 0 Å².